The van der Waals surface area contributed by atoms with Crippen LogP contribution in [0.15, 0.2) is 0 Å². The van der Waals surface area contributed by atoms with Crippen molar-refractivity contribution in [3.05, 3.63) is 0 Å². The van der Waals surface area contributed by atoms with Crippen molar-refractivity contribution in [2.75, 3.05) is 52.4 Å². The highest BCUT2D eigenvalue weighted by Crippen LogP contribution is 2.23. The molecule has 4 nitrogen and oxygen atoms in total. The van der Waals surface area contributed by atoms with E-state index in [0.717, 1.165) is 32.2 Å². The highest BCUT2D eigenvalue weighted by atomic mass is 33.1. The van der Waals surface area contributed by atoms with Gasteiger partial charge in [-0.1, -0.05) is 31.6 Å². The number of ether oxygens (including phenoxy) is 1. The summed E-state index contributed by atoms with van der Waals surface area (Å²) in [5, 5.41) is 4.23. The van der Waals surface area contributed by atoms with Gasteiger partial charge in [0.15, 0.2) is 0 Å². The first kappa shape index (κ1) is 19.9. The number of hydrogen-bond acceptors (Lipinski definition) is 6. The lowest BCUT2D eigenvalue weighted by atomic mass is 9.89. The zero-order valence-electron chi connectivity index (χ0n) is 15.0. The molecule has 1 N–H and O–H groups in total. The van der Waals surface area contributed by atoms with Crippen LogP contribution in [0.5, 0.6) is 0 Å². The fraction of sp³-hybridized carbons (Fsp3) is 1.00. The summed E-state index contributed by atoms with van der Waals surface area (Å²) >= 11 is 4.30. The van der Waals surface area contributed by atoms with Crippen LogP contribution in [0, 0.1) is 5.92 Å². The maximum atomic E-state index is 6.02. The Hall–Kier alpha value is 0.540. The second kappa shape index (κ2) is 10.5. The number of rotatable bonds is 10. The molecular weight excluding hydrogens is 326 g/mol. The summed E-state index contributed by atoms with van der Waals surface area (Å²) < 4.78 is 6.02. The Bertz CT molecular complexity index is 319. The first-order valence-corrected chi connectivity index (χ1v) is 11.1. The molecule has 0 spiro atoms. The predicted molar refractivity (Wildman–Crippen MR) is 105 cm³/mol. The van der Waals surface area contributed by atoms with Gasteiger partial charge in [0.1, 0.15) is 0 Å². The van der Waals surface area contributed by atoms with Crippen LogP contribution in [-0.2, 0) is 4.74 Å². The van der Waals surface area contributed by atoms with Crippen LogP contribution in [-0.4, -0.2) is 79.6 Å². The smallest absolute Gasteiger partial charge is 0.0605 e. The first-order chi connectivity index (χ1) is 11.1. The lowest BCUT2D eigenvalue weighted by molar-refractivity contribution is -0.0281. The largest absolute Gasteiger partial charge is 0.377 e. The molecule has 0 aromatic carbocycles. The van der Waals surface area contributed by atoms with Crippen molar-refractivity contribution < 1.29 is 4.74 Å². The molecule has 23 heavy (non-hydrogen) atoms. The molecule has 0 radical (unpaired) electrons. The summed E-state index contributed by atoms with van der Waals surface area (Å²) in [5.74, 6) is 0.739. The van der Waals surface area contributed by atoms with Gasteiger partial charge in [0.25, 0.3) is 0 Å². The third-order valence-corrected chi connectivity index (χ3v) is 6.42. The Morgan fingerprint density at radius 1 is 1.13 bits per heavy atom. The van der Waals surface area contributed by atoms with E-state index in [1.165, 1.54) is 39.0 Å². The van der Waals surface area contributed by atoms with Gasteiger partial charge in [-0.15, -0.1) is 11.7 Å². The SMILES string of the molecule is CC(C)CNC1CC(OCCN2CCN(CC(C)SS)CC2)C1. The Kier molecular flexibility index (Phi) is 9.08. The molecule has 1 atom stereocenters. The first-order valence-electron chi connectivity index (χ1n) is 9.16. The molecule has 1 unspecified atom stereocenters. The monoisotopic (exact) mass is 361 g/mol. The van der Waals surface area contributed by atoms with E-state index in [2.05, 4.69) is 47.5 Å². The average molecular weight is 362 g/mol. The van der Waals surface area contributed by atoms with Crippen molar-refractivity contribution in [2.24, 2.45) is 5.92 Å². The van der Waals surface area contributed by atoms with Crippen molar-refractivity contribution in [3.63, 3.8) is 0 Å². The highest BCUT2D eigenvalue weighted by Gasteiger charge is 2.29. The maximum Gasteiger partial charge on any atom is 0.0605 e. The predicted octanol–water partition coefficient (Wildman–Crippen LogP) is 2.36. The Morgan fingerprint density at radius 3 is 2.39 bits per heavy atom. The molecule has 136 valence electrons. The van der Waals surface area contributed by atoms with E-state index in [4.69, 9.17) is 4.74 Å². The summed E-state index contributed by atoms with van der Waals surface area (Å²) in [6.45, 7) is 15.8. The van der Waals surface area contributed by atoms with Gasteiger partial charge in [-0.2, -0.15) is 0 Å². The van der Waals surface area contributed by atoms with Crippen LogP contribution < -0.4 is 5.32 Å². The van der Waals surface area contributed by atoms with E-state index in [0.29, 0.717) is 17.4 Å². The quantitative estimate of drug-likeness (QED) is 0.460. The third kappa shape index (κ3) is 7.53. The topological polar surface area (TPSA) is 27.7 Å². The van der Waals surface area contributed by atoms with Gasteiger partial charge in [0, 0.05) is 50.6 Å². The molecule has 1 heterocycles. The standard InChI is InChI=1S/C17H35N3OS2/c1-14(2)12-18-16-10-17(11-16)21-9-8-19-4-6-20(7-5-19)13-15(3)23-22/h14-18,22H,4-13H2,1-3H3. The fourth-order valence-electron chi connectivity index (χ4n) is 3.21. The van der Waals surface area contributed by atoms with Crippen LogP contribution in [0.1, 0.15) is 33.6 Å². The van der Waals surface area contributed by atoms with Gasteiger partial charge in [0.05, 0.1) is 12.7 Å². The third-order valence-electron chi connectivity index (χ3n) is 4.83. The van der Waals surface area contributed by atoms with Crippen molar-refractivity contribution >= 4 is 22.5 Å². The molecule has 1 aliphatic carbocycles. The van der Waals surface area contributed by atoms with Crippen molar-refractivity contribution in [3.8, 4) is 0 Å². The van der Waals surface area contributed by atoms with E-state index in [-0.39, 0.29) is 0 Å². The number of nitrogens with one attached hydrogen (secondary N) is 1. The second-order valence-electron chi connectivity index (χ2n) is 7.52. The summed E-state index contributed by atoms with van der Waals surface area (Å²) in [5.41, 5.74) is 0. The van der Waals surface area contributed by atoms with Gasteiger partial charge in [-0.05, 0) is 25.3 Å². The Labute approximate surface area is 151 Å². The average Bonchev–Trinajstić information content (AvgIpc) is 2.49. The van der Waals surface area contributed by atoms with Gasteiger partial charge in [0.2, 0.25) is 0 Å². The summed E-state index contributed by atoms with van der Waals surface area (Å²) in [6.07, 6.45) is 2.88. The van der Waals surface area contributed by atoms with Gasteiger partial charge in [-0.25, -0.2) is 0 Å². The van der Waals surface area contributed by atoms with E-state index in [1.54, 1.807) is 10.8 Å². The molecule has 6 heteroatoms. The molecule has 0 bridgehead atoms. The molecule has 2 fully saturated rings. The minimum absolute atomic E-state index is 0.495. The molecule has 2 rings (SSSR count). The molecule has 0 aromatic heterocycles. The lowest BCUT2D eigenvalue weighted by Crippen LogP contribution is -2.49. The van der Waals surface area contributed by atoms with E-state index >= 15 is 0 Å². The number of nitrogens with zero attached hydrogens (tertiary/aromatic N) is 2. The minimum Gasteiger partial charge on any atom is -0.377 e. The van der Waals surface area contributed by atoms with Crippen molar-refractivity contribution in [2.45, 2.75) is 51.0 Å². The van der Waals surface area contributed by atoms with Crippen LogP contribution in [0.3, 0.4) is 0 Å². The minimum atomic E-state index is 0.495. The normalized spacial score (nSPS) is 28.0. The van der Waals surface area contributed by atoms with E-state index in [9.17, 15) is 0 Å². The number of piperazine rings is 1. The highest BCUT2D eigenvalue weighted by molar-refractivity contribution is 8.68. The van der Waals surface area contributed by atoms with Crippen LogP contribution in [0.4, 0.5) is 0 Å². The zero-order valence-corrected chi connectivity index (χ0v) is 16.7. The molecule has 1 aliphatic heterocycles. The van der Waals surface area contributed by atoms with Crippen molar-refractivity contribution in [1.82, 2.24) is 15.1 Å². The van der Waals surface area contributed by atoms with E-state index < -0.39 is 0 Å². The zero-order chi connectivity index (χ0) is 16.7. The molecule has 1 saturated heterocycles. The molecular formula is C17H35N3OS2. The number of thiol groups is 1. The van der Waals surface area contributed by atoms with Crippen LogP contribution in [0.2, 0.25) is 0 Å². The molecule has 0 aromatic rings. The van der Waals surface area contributed by atoms with Gasteiger partial charge >= 0.3 is 0 Å². The molecule has 2 aliphatic rings. The second-order valence-corrected chi connectivity index (χ2v) is 9.17. The summed E-state index contributed by atoms with van der Waals surface area (Å²) in [7, 11) is 1.66. The number of hydrogen-bond donors (Lipinski definition) is 2. The van der Waals surface area contributed by atoms with Crippen molar-refractivity contribution in [1.29, 1.82) is 0 Å². The van der Waals surface area contributed by atoms with Crippen LogP contribution in [0.25, 0.3) is 0 Å². The van der Waals surface area contributed by atoms with Gasteiger partial charge in [-0.3, -0.25) is 9.80 Å². The molecule has 1 saturated carbocycles. The summed E-state index contributed by atoms with van der Waals surface area (Å²) in [4.78, 5) is 5.10. The Morgan fingerprint density at radius 2 is 1.78 bits per heavy atom. The lowest BCUT2D eigenvalue weighted by Gasteiger charge is -2.38. The maximum absolute atomic E-state index is 6.02. The van der Waals surface area contributed by atoms with Crippen LogP contribution >= 0.6 is 22.5 Å². The summed E-state index contributed by atoms with van der Waals surface area (Å²) in [6, 6.07) is 0.692. The Balaban J connectivity index is 1.46. The fourth-order valence-corrected chi connectivity index (χ4v) is 3.69. The van der Waals surface area contributed by atoms with Gasteiger partial charge < -0.3 is 10.1 Å². The molecule has 0 amide bonds. The van der Waals surface area contributed by atoms with E-state index in [1.807, 2.05) is 0 Å².